The number of aliphatic carboxylic acids is 1. The zero-order valence-corrected chi connectivity index (χ0v) is 9.51. The summed E-state index contributed by atoms with van der Waals surface area (Å²) in [6, 6.07) is -1.06. The van der Waals surface area contributed by atoms with Crippen molar-refractivity contribution in [3.8, 4) is 0 Å². The minimum atomic E-state index is -1.12. The molecule has 0 saturated heterocycles. The molecule has 0 aromatic rings. The van der Waals surface area contributed by atoms with E-state index in [1.807, 2.05) is 6.08 Å². The van der Waals surface area contributed by atoms with Crippen LogP contribution < -0.4 is 0 Å². The SMILES string of the molecule is CC(=O)C1=CC=C(CC(N=N)C(=O)O)C=CC1. The normalized spacial score (nSPS) is 16.5. The van der Waals surface area contributed by atoms with Crippen LogP contribution in [0.4, 0.5) is 0 Å². The highest BCUT2D eigenvalue weighted by atomic mass is 16.4. The highest BCUT2D eigenvalue weighted by molar-refractivity contribution is 5.94. The molecule has 1 aliphatic rings. The lowest BCUT2D eigenvalue weighted by atomic mass is 10.1. The van der Waals surface area contributed by atoms with E-state index in [9.17, 15) is 9.59 Å². The van der Waals surface area contributed by atoms with Crippen LogP contribution in [0.2, 0.25) is 0 Å². The number of hydrogen-bond acceptors (Lipinski definition) is 4. The van der Waals surface area contributed by atoms with Crippen molar-refractivity contribution in [3.05, 3.63) is 35.5 Å². The second-order valence-electron chi connectivity index (χ2n) is 3.78. The van der Waals surface area contributed by atoms with Gasteiger partial charge in [0, 0.05) is 6.42 Å². The van der Waals surface area contributed by atoms with E-state index in [1.54, 1.807) is 18.2 Å². The summed E-state index contributed by atoms with van der Waals surface area (Å²) in [7, 11) is 0. The number of Topliss-reactive ketones (excluding diaryl/α,β-unsaturated/α-hetero) is 1. The third-order valence-corrected chi connectivity index (χ3v) is 2.49. The van der Waals surface area contributed by atoms with Gasteiger partial charge in [-0.25, -0.2) is 10.3 Å². The van der Waals surface area contributed by atoms with Crippen molar-refractivity contribution in [1.82, 2.24) is 0 Å². The maximum Gasteiger partial charge on any atom is 0.330 e. The average Bonchev–Trinajstić information content (AvgIpc) is 2.50. The van der Waals surface area contributed by atoms with Gasteiger partial charge in [0.15, 0.2) is 11.8 Å². The maximum atomic E-state index is 11.2. The van der Waals surface area contributed by atoms with E-state index in [0.717, 1.165) is 5.57 Å². The first kappa shape index (κ1) is 13.0. The molecule has 0 fully saturated rings. The van der Waals surface area contributed by atoms with E-state index in [0.29, 0.717) is 12.0 Å². The van der Waals surface area contributed by atoms with Gasteiger partial charge in [-0.05, 0) is 24.5 Å². The third-order valence-electron chi connectivity index (χ3n) is 2.49. The van der Waals surface area contributed by atoms with Crippen molar-refractivity contribution < 1.29 is 14.7 Å². The van der Waals surface area contributed by atoms with Gasteiger partial charge in [-0.3, -0.25) is 4.79 Å². The predicted octanol–water partition coefficient (Wildman–Crippen LogP) is 2.26. The van der Waals surface area contributed by atoms with Crippen molar-refractivity contribution in [2.45, 2.75) is 25.8 Å². The number of nitrogens with zero attached hydrogens (tertiary/aromatic N) is 1. The molecule has 2 N–H and O–H groups in total. The second-order valence-corrected chi connectivity index (χ2v) is 3.78. The number of carboxylic acids is 1. The fraction of sp³-hybridized carbons (Fsp3) is 0.333. The Morgan fingerprint density at radius 2 is 2.24 bits per heavy atom. The predicted molar refractivity (Wildman–Crippen MR) is 61.8 cm³/mol. The molecule has 1 aliphatic carbocycles. The molecule has 0 aromatic heterocycles. The summed E-state index contributed by atoms with van der Waals surface area (Å²) in [6.07, 6.45) is 7.70. The smallest absolute Gasteiger partial charge is 0.330 e. The van der Waals surface area contributed by atoms with Crippen LogP contribution in [-0.4, -0.2) is 22.9 Å². The van der Waals surface area contributed by atoms with E-state index in [1.165, 1.54) is 6.92 Å². The van der Waals surface area contributed by atoms with E-state index in [-0.39, 0.29) is 12.2 Å². The average molecular weight is 234 g/mol. The van der Waals surface area contributed by atoms with Crippen molar-refractivity contribution >= 4 is 11.8 Å². The van der Waals surface area contributed by atoms with E-state index in [2.05, 4.69) is 5.11 Å². The molecule has 0 bridgehead atoms. The van der Waals surface area contributed by atoms with Gasteiger partial charge in [-0.2, -0.15) is 5.11 Å². The number of nitrogens with one attached hydrogen (secondary N) is 1. The Bertz CT molecular complexity index is 433. The summed E-state index contributed by atoms with van der Waals surface area (Å²) in [5, 5.41) is 11.8. The van der Waals surface area contributed by atoms with Gasteiger partial charge in [-0.15, -0.1) is 0 Å². The van der Waals surface area contributed by atoms with Crippen LogP contribution in [0.5, 0.6) is 0 Å². The van der Waals surface area contributed by atoms with E-state index >= 15 is 0 Å². The van der Waals surface area contributed by atoms with Gasteiger partial charge in [0.2, 0.25) is 0 Å². The Labute approximate surface area is 99.0 Å². The molecule has 1 rings (SSSR count). The molecule has 0 spiro atoms. The van der Waals surface area contributed by atoms with Gasteiger partial charge in [-0.1, -0.05) is 24.3 Å². The molecule has 5 nitrogen and oxygen atoms in total. The van der Waals surface area contributed by atoms with Crippen LogP contribution in [0.25, 0.3) is 0 Å². The zero-order valence-electron chi connectivity index (χ0n) is 9.51. The molecular weight excluding hydrogens is 220 g/mol. The van der Waals surface area contributed by atoms with Crippen LogP contribution in [0.1, 0.15) is 19.8 Å². The second kappa shape index (κ2) is 5.89. The number of rotatable bonds is 5. The highest BCUT2D eigenvalue weighted by Crippen LogP contribution is 2.17. The summed E-state index contributed by atoms with van der Waals surface area (Å²) < 4.78 is 0. The number of carbonyl (C=O) groups is 2. The van der Waals surface area contributed by atoms with E-state index < -0.39 is 12.0 Å². The molecule has 1 unspecified atom stereocenters. The van der Waals surface area contributed by atoms with Crippen LogP contribution in [0.15, 0.2) is 40.6 Å². The Balaban J connectivity index is 2.82. The molecule has 0 radical (unpaired) electrons. The lowest BCUT2D eigenvalue weighted by Crippen LogP contribution is -2.17. The summed E-state index contributed by atoms with van der Waals surface area (Å²) >= 11 is 0. The molecular formula is C12H14N2O3. The first-order chi connectivity index (χ1) is 8.04. The monoisotopic (exact) mass is 234 g/mol. The van der Waals surface area contributed by atoms with Gasteiger partial charge in [0.05, 0.1) is 0 Å². The lowest BCUT2D eigenvalue weighted by molar-refractivity contribution is -0.138. The molecule has 0 heterocycles. The molecule has 0 aromatic carbocycles. The van der Waals surface area contributed by atoms with Crippen molar-refractivity contribution in [1.29, 1.82) is 5.53 Å². The van der Waals surface area contributed by atoms with Gasteiger partial charge in [0.1, 0.15) is 0 Å². The van der Waals surface area contributed by atoms with Crippen LogP contribution in [0, 0.1) is 5.53 Å². The molecule has 0 aliphatic heterocycles. The Morgan fingerprint density at radius 1 is 1.53 bits per heavy atom. The zero-order chi connectivity index (χ0) is 12.8. The molecule has 1 atom stereocenters. The molecule has 17 heavy (non-hydrogen) atoms. The number of ketones is 1. The number of allylic oxidation sites excluding steroid dienone is 5. The van der Waals surface area contributed by atoms with E-state index in [4.69, 9.17) is 10.6 Å². The van der Waals surface area contributed by atoms with Gasteiger partial charge >= 0.3 is 5.97 Å². The first-order valence-corrected chi connectivity index (χ1v) is 5.21. The van der Waals surface area contributed by atoms with Gasteiger partial charge in [0.25, 0.3) is 0 Å². The Hall–Kier alpha value is -2.04. The standard InChI is InChI=1S/C12H14N2O3/c1-8(15)10-4-2-3-9(5-6-10)7-11(14-13)12(16)17/h2-3,5-6,11,13H,4,7H2,1H3,(H,16,17). The van der Waals surface area contributed by atoms with Crippen molar-refractivity contribution in [2.75, 3.05) is 0 Å². The topological polar surface area (TPSA) is 90.6 Å². The summed E-state index contributed by atoms with van der Waals surface area (Å²) in [5.74, 6) is -1.11. The molecule has 0 amide bonds. The van der Waals surface area contributed by atoms with Crippen molar-refractivity contribution in [2.24, 2.45) is 5.11 Å². The fourth-order valence-corrected chi connectivity index (χ4v) is 1.48. The molecule has 5 heteroatoms. The maximum absolute atomic E-state index is 11.2. The summed E-state index contributed by atoms with van der Waals surface area (Å²) in [5.41, 5.74) is 8.24. The van der Waals surface area contributed by atoms with Crippen molar-refractivity contribution in [3.63, 3.8) is 0 Å². The number of carboxylic acid groups (broad SMARTS) is 1. The number of carbonyl (C=O) groups excluding carboxylic acids is 1. The van der Waals surface area contributed by atoms with Gasteiger partial charge < -0.3 is 5.11 Å². The Kier molecular flexibility index (Phi) is 4.51. The minimum Gasteiger partial charge on any atom is -0.480 e. The van der Waals surface area contributed by atoms with Crippen LogP contribution >= 0.6 is 0 Å². The molecule has 90 valence electrons. The van der Waals surface area contributed by atoms with Crippen LogP contribution in [-0.2, 0) is 9.59 Å². The largest absolute Gasteiger partial charge is 0.480 e. The van der Waals surface area contributed by atoms with Crippen LogP contribution in [0.3, 0.4) is 0 Å². The summed E-state index contributed by atoms with van der Waals surface area (Å²) in [4.78, 5) is 21.9. The Morgan fingerprint density at radius 3 is 2.76 bits per heavy atom. The first-order valence-electron chi connectivity index (χ1n) is 5.21. The highest BCUT2D eigenvalue weighted by Gasteiger charge is 2.17. The minimum absolute atomic E-state index is 0.00659. The fourth-order valence-electron chi connectivity index (χ4n) is 1.48. The number of hydrogen-bond donors (Lipinski definition) is 2. The summed E-state index contributed by atoms with van der Waals surface area (Å²) in [6.45, 7) is 1.50. The lowest BCUT2D eigenvalue weighted by Gasteiger charge is -2.05. The molecule has 0 saturated carbocycles. The quantitative estimate of drug-likeness (QED) is 0.715. The third kappa shape index (κ3) is 3.79.